The maximum Gasteiger partial charge on any atom is 0.348 e. The first-order chi connectivity index (χ1) is 12.1. The summed E-state index contributed by atoms with van der Waals surface area (Å²) in [6.45, 7) is 4.20. The van der Waals surface area contributed by atoms with Crippen LogP contribution in [0.25, 0.3) is 10.4 Å². The van der Waals surface area contributed by atoms with Gasteiger partial charge in [-0.05, 0) is 31.0 Å². The molecule has 1 N–H and O–H groups in total. The summed E-state index contributed by atoms with van der Waals surface area (Å²) in [4.78, 5) is 25.6. The number of para-hydroxylation sites is 1. The van der Waals surface area contributed by atoms with Crippen molar-refractivity contribution in [2.45, 2.75) is 39.3 Å². The van der Waals surface area contributed by atoms with Crippen molar-refractivity contribution in [3.63, 3.8) is 0 Å². The zero-order valence-corrected chi connectivity index (χ0v) is 15.2. The molecule has 0 atom stereocenters. The third-order valence-corrected chi connectivity index (χ3v) is 5.40. The summed E-state index contributed by atoms with van der Waals surface area (Å²) in [7, 11) is 0. The number of nitrogens with one attached hydrogen (secondary N) is 1. The second-order valence-corrected chi connectivity index (χ2v) is 6.96. The van der Waals surface area contributed by atoms with E-state index in [0.717, 1.165) is 34.6 Å². The fourth-order valence-electron chi connectivity index (χ4n) is 2.76. The Morgan fingerprint density at radius 2 is 2.04 bits per heavy atom. The molecule has 0 aliphatic carbocycles. The Bertz CT molecular complexity index is 779. The number of benzene rings is 1. The third kappa shape index (κ3) is 3.85. The van der Waals surface area contributed by atoms with Crippen molar-refractivity contribution in [2.24, 2.45) is 0 Å². The van der Waals surface area contributed by atoms with Crippen LogP contribution < -0.4 is 10.1 Å². The lowest BCUT2D eigenvalue weighted by Gasteiger charge is -2.16. The number of amides is 1. The Hall–Kier alpha value is -2.34. The first-order valence-corrected chi connectivity index (χ1v) is 9.25. The number of carbonyl (C=O) groups excluding carboxylic acids is 2. The summed E-state index contributed by atoms with van der Waals surface area (Å²) in [5.74, 6) is 0.0787. The largest absolute Gasteiger partial charge is 0.488 e. The predicted molar refractivity (Wildman–Crippen MR) is 96.9 cm³/mol. The van der Waals surface area contributed by atoms with E-state index in [1.807, 2.05) is 38.1 Å². The molecule has 2 heterocycles. The van der Waals surface area contributed by atoms with Crippen LogP contribution in [0.4, 0.5) is 0 Å². The standard InChI is InChI=1S/C19H21NO4S/c1-3-13(4-2)20-17(21)11-24-19(22)16-9-12-10-23-15-8-6-5-7-14(15)18(12)25-16/h5-9,13H,3-4,10-11H2,1-2H3,(H,20,21). The van der Waals surface area contributed by atoms with Gasteiger partial charge >= 0.3 is 5.97 Å². The number of hydrogen-bond donors (Lipinski definition) is 1. The SMILES string of the molecule is CCC(CC)NC(=O)COC(=O)c1cc2c(s1)-c1ccccc1OC2. The molecule has 1 aromatic carbocycles. The van der Waals surface area contributed by atoms with Crippen molar-refractivity contribution >= 4 is 23.2 Å². The molecule has 0 spiro atoms. The second kappa shape index (κ2) is 7.70. The number of fused-ring (bicyclic) bond motifs is 3. The number of esters is 1. The highest BCUT2D eigenvalue weighted by Crippen LogP contribution is 2.42. The maximum atomic E-state index is 12.3. The number of rotatable bonds is 6. The van der Waals surface area contributed by atoms with Crippen LogP contribution in [-0.2, 0) is 16.1 Å². The van der Waals surface area contributed by atoms with E-state index in [9.17, 15) is 9.59 Å². The van der Waals surface area contributed by atoms with E-state index in [1.165, 1.54) is 11.3 Å². The van der Waals surface area contributed by atoms with E-state index in [0.29, 0.717) is 11.5 Å². The average Bonchev–Trinajstić information content (AvgIpc) is 3.09. The fourth-order valence-corrected chi connectivity index (χ4v) is 3.86. The molecule has 2 aromatic rings. The maximum absolute atomic E-state index is 12.3. The molecule has 1 amide bonds. The molecular formula is C19H21NO4S. The molecule has 0 saturated carbocycles. The van der Waals surface area contributed by atoms with Gasteiger partial charge in [-0.1, -0.05) is 26.0 Å². The van der Waals surface area contributed by atoms with E-state index in [4.69, 9.17) is 9.47 Å². The molecule has 0 saturated heterocycles. The molecule has 1 aromatic heterocycles. The van der Waals surface area contributed by atoms with Crippen molar-refractivity contribution in [1.29, 1.82) is 0 Å². The van der Waals surface area contributed by atoms with Gasteiger partial charge in [0.1, 0.15) is 17.2 Å². The molecule has 1 aliphatic heterocycles. The molecular weight excluding hydrogens is 338 g/mol. The van der Waals surface area contributed by atoms with Gasteiger partial charge in [0, 0.05) is 22.0 Å². The monoisotopic (exact) mass is 359 g/mol. The first kappa shape index (κ1) is 17.5. The summed E-state index contributed by atoms with van der Waals surface area (Å²) < 4.78 is 10.9. The number of ether oxygens (including phenoxy) is 2. The van der Waals surface area contributed by atoms with Gasteiger partial charge in [0.15, 0.2) is 6.61 Å². The van der Waals surface area contributed by atoms with Gasteiger partial charge in [-0.15, -0.1) is 11.3 Å². The molecule has 0 bridgehead atoms. The van der Waals surface area contributed by atoms with Crippen molar-refractivity contribution in [3.8, 4) is 16.2 Å². The molecule has 0 fully saturated rings. The van der Waals surface area contributed by atoms with E-state index in [-0.39, 0.29) is 18.6 Å². The summed E-state index contributed by atoms with van der Waals surface area (Å²) in [5, 5.41) is 2.85. The van der Waals surface area contributed by atoms with Gasteiger partial charge in [-0.25, -0.2) is 4.79 Å². The van der Waals surface area contributed by atoms with Gasteiger partial charge in [0.2, 0.25) is 0 Å². The Kier molecular flexibility index (Phi) is 5.38. The quantitative estimate of drug-likeness (QED) is 0.798. The smallest absolute Gasteiger partial charge is 0.348 e. The van der Waals surface area contributed by atoms with Crippen molar-refractivity contribution in [2.75, 3.05) is 6.61 Å². The van der Waals surface area contributed by atoms with Crippen LogP contribution in [0.1, 0.15) is 41.9 Å². The van der Waals surface area contributed by atoms with Crippen LogP contribution in [0, 0.1) is 0 Å². The van der Waals surface area contributed by atoms with Crippen LogP contribution in [0.2, 0.25) is 0 Å². The van der Waals surface area contributed by atoms with Gasteiger partial charge in [0.05, 0.1) is 0 Å². The number of carbonyl (C=O) groups is 2. The Labute approximate surface area is 151 Å². The topological polar surface area (TPSA) is 64.6 Å². The molecule has 0 radical (unpaired) electrons. The molecule has 5 nitrogen and oxygen atoms in total. The molecule has 0 unspecified atom stereocenters. The van der Waals surface area contributed by atoms with E-state index < -0.39 is 5.97 Å². The third-order valence-electron chi connectivity index (χ3n) is 4.21. The lowest BCUT2D eigenvalue weighted by Crippen LogP contribution is -2.36. The lowest BCUT2D eigenvalue weighted by molar-refractivity contribution is -0.125. The van der Waals surface area contributed by atoms with Crippen LogP contribution in [0.5, 0.6) is 5.75 Å². The predicted octanol–water partition coefficient (Wildman–Crippen LogP) is 3.77. The fraction of sp³-hybridized carbons (Fsp3) is 0.368. The van der Waals surface area contributed by atoms with E-state index in [1.54, 1.807) is 6.07 Å². The van der Waals surface area contributed by atoms with Gasteiger partial charge < -0.3 is 14.8 Å². The molecule has 25 heavy (non-hydrogen) atoms. The number of hydrogen-bond acceptors (Lipinski definition) is 5. The first-order valence-electron chi connectivity index (χ1n) is 8.43. The molecule has 6 heteroatoms. The van der Waals surface area contributed by atoms with Gasteiger partial charge in [0.25, 0.3) is 5.91 Å². The summed E-state index contributed by atoms with van der Waals surface area (Å²) in [5.41, 5.74) is 1.96. The lowest BCUT2D eigenvalue weighted by atomic mass is 10.1. The molecule has 3 rings (SSSR count). The van der Waals surface area contributed by atoms with Gasteiger partial charge in [-0.3, -0.25) is 4.79 Å². The van der Waals surface area contributed by atoms with E-state index >= 15 is 0 Å². The second-order valence-electron chi connectivity index (χ2n) is 5.91. The van der Waals surface area contributed by atoms with Crippen molar-refractivity contribution < 1.29 is 19.1 Å². The van der Waals surface area contributed by atoms with Crippen LogP contribution >= 0.6 is 11.3 Å². The highest BCUT2D eigenvalue weighted by molar-refractivity contribution is 7.17. The zero-order valence-electron chi connectivity index (χ0n) is 14.3. The normalized spacial score (nSPS) is 12.1. The Morgan fingerprint density at radius 1 is 1.28 bits per heavy atom. The minimum Gasteiger partial charge on any atom is -0.488 e. The van der Waals surface area contributed by atoms with Gasteiger partial charge in [-0.2, -0.15) is 0 Å². The van der Waals surface area contributed by atoms with Crippen molar-refractivity contribution in [3.05, 3.63) is 40.8 Å². The Balaban J connectivity index is 1.65. The number of thiophene rings is 1. The average molecular weight is 359 g/mol. The van der Waals surface area contributed by atoms with Crippen LogP contribution in [0.15, 0.2) is 30.3 Å². The van der Waals surface area contributed by atoms with Crippen LogP contribution in [-0.4, -0.2) is 24.5 Å². The summed E-state index contributed by atoms with van der Waals surface area (Å²) >= 11 is 1.37. The highest BCUT2D eigenvalue weighted by atomic mass is 32.1. The minimum atomic E-state index is -0.475. The van der Waals surface area contributed by atoms with Crippen LogP contribution in [0.3, 0.4) is 0 Å². The minimum absolute atomic E-state index is 0.119. The molecule has 132 valence electrons. The van der Waals surface area contributed by atoms with E-state index in [2.05, 4.69) is 5.32 Å². The zero-order chi connectivity index (χ0) is 17.8. The molecule has 1 aliphatic rings. The highest BCUT2D eigenvalue weighted by Gasteiger charge is 2.23. The Morgan fingerprint density at radius 3 is 2.80 bits per heavy atom. The summed E-state index contributed by atoms with van der Waals surface area (Å²) in [6, 6.07) is 9.66. The van der Waals surface area contributed by atoms with Crippen molar-refractivity contribution in [1.82, 2.24) is 5.32 Å². The summed E-state index contributed by atoms with van der Waals surface area (Å²) in [6.07, 6.45) is 1.71.